The monoisotopic (exact) mass is 181 g/mol. The van der Waals surface area contributed by atoms with Gasteiger partial charge in [0.15, 0.2) is 0 Å². The van der Waals surface area contributed by atoms with E-state index in [9.17, 15) is 4.79 Å². The molecular formula is C11H19NO. The third kappa shape index (κ3) is 2.23. The van der Waals surface area contributed by atoms with Gasteiger partial charge in [-0.05, 0) is 37.5 Å². The van der Waals surface area contributed by atoms with Gasteiger partial charge in [0.05, 0.1) is 0 Å². The first-order valence-electron chi connectivity index (χ1n) is 5.47. The molecule has 74 valence electrons. The zero-order valence-corrected chi connectivity index (χ0v) is 8.51. The number of likely N-dealkylation sites (tertiary alicyclic amines) is 1. The molecule has 1 aliphatic carbocycles. The number of carbonyl (C=O) groups is 1. The Labute approximate surface area is 80.3 Å². The SMILES string of the molecule is CC1(CC(=O)N2CCCCC2)CC1. The summed E-state index contributed by atoms with van der Waals surface area (Å²) in [7, 11) is 0. The summed E-state index contributed by atoms with van der Waals surface area (Å²) in [6, 6.07) is 0. The molecule has 0 aromatic heterocycles. The predicted octanol–water partition coefficient (Wildman–Crippen LogP) is 2.19. The molecular weight excluding hydrogens is 162 g/mol. The summed E-state index contributed by atoms with van der Waals surface area (Å²) in [5.41, 5.74) is 0.383. The fourth-order valence-electron chi connectivity index (χ4n) is 2.01. The van der Waals surface area contributed by atoms with Crippen LogP contribution in [0.5, 0.6) is 0 Å². The lowest BCUT2D eigenvalue weighted by Crippen LogP contribution is -2.36. The second-order valence-electron chi connectivity index (χ2n) is 4.93. The summed E-state index contributed by atoms with van der Waals surface area (Å²) in [6.07, 6.45) is 7.04. The highest BCUT2D eigenvalue weighted by molar-refractivity contribution is 5.77. The lowest BCUT2D eigenvalue weighted by molar-refractivity contribution is -0.133. The van der Waals surface area contributed by atoms with Crippen LogP contribution in [0.25, 0.3) is 0 Å². The Balaban J connectivity index is 1.81. The van der Waals surface area contributed by atoms with E-state index in [4.69, 9.17) is 0 Å². The minimum atomic E-state index is 0.383. The van der Waals surface area contributed by atoms with Crippen molar-refractivity contribution in [3.8, 4) is 0 Å². The molecule has 2 heteroatoms. The summed E-state index contributed by atoms with van der Waals surface area (Å²) in [4.78, 5) is 13.8. The molecule has 0 atom stereocenters. The number of hydrogen-bond acceptors (Lipinski definition) is 1. The van der Waals surface area contributed by atoms with Crippen LogP contribution in [0, 0.1) is 5.41 Å². The summed E-state index contributed by atoms with van der Waals surface area (Å²) >= 11 is 0. The molecule has 0 radical (unpaired) electrons. The van der Waals surface area contributed by atoms with E-state index >= 15 is 0 Å². The Morgan fingerprint density at radius 1 is 1.23 bits per heavy atom. The van der Waals surface area contributed by atoms with Crippen LogP contribution in [0.1, 0.15) is 45.4 Å². The van der Waals surface area contributed by atoms with Crippen LogP contribution in [0.4, 0.5) is 0 Å². The van der Waals surface area contributed by atoms with Crippen molar-refractivity contribution in [2.24, 2.45) is 5.41 Å². The molecule has 1 amide bonds. The standard InChI is InChI=1S/C11H19NO/c1-11(5-6-11)9-10(13)12-7-3-2-4-8-12/h2-9H2,1H3. The maximum atomic E-state index is 11.8. The number of rotatable bonds is 2. The van der Waals surface area contributed by atoms with Gasteiger partial charge in [0, 0.05) is 19.5 Å². The Morgan fingerprint density at radius 3 is 2.38 bits per heavy atom. The number of amides is 1. The number of hydrogen-bond donors (Lipinski definition) is 0. The van der Waals surface area contributed by atoms with Crippen molar-refractivity contribution in [2.45, 2.75) is 45.4 Å². The molecule has 0 N–H and O–H groups in total. The van der Waals surface area contributed by atoms with E-state index in [0.717, 1.165) is 19.5 Å². The van der Waals surface area contributed by atoms with Crippen molar-refractivity contribution < 1.29 is 4.79 Å². The Morgan fingerprint density at radius 2 is 1.85 bits per heavy atom. The third-order valence-electron chi connectivity index (χ3n) is 3.39. The van der Waals surface area contributed by atoms with Crippen molar-refractivity contribution in [3.63, 3.8) is 0 Å². The first-order valence-corrected chi connectivity index (χ1v) is 5.47. The minimum absolute atomic E-state index is 0.383. The summed E-state index contributed by atoms with van der Waals surface area (Å²) < 4.78 is 0. The predicted molar refractivity (Wildman–Crippen MR) is 52.4 cm³/mol. The molecule has 1 heterocycles. The molecule has 0 unspecified atom stereocenters. The fourth-order valence-corrected chi connectivity index (χ4v) is 2.01. The molecule has 13 heavy (non-hydrogen) atoms. The van der Waals surface area contributed by atoms with E-state index in [1.54, 1.807) is 0 Å². The topological polar surface area (TPSA) is 20.3 Å². The van der Waals surface area contributed by atoms with Crippen LogP contribution in [0.3, 0.4) is 0 Å². The highest BCUT2D eigenvalue weighted by Gasteiger charge is 2.40. The lowest BCUT2D eigenvalue weighted by Gasteiger charge is -2.27. The Kier molecular flexibility index (Phi) is 2.31. The number of carbonyl (C=O) groups excluding carboxylic acids is 1. The smallest absolute Gasteiger partial charge is 0.223 e. The first kappa shape index (κ1) is 9.04. The molecule has 2 aliphatic rings. The molecule has 0 spiro atoms. The van der Waals surface area contributed by atoms with Gasteiger partial charge in [-0.15, -0.1) is 0 Å². The van der Waals surface area contributed by atoms with Gasteiger partial charge < -0.3 is 4.90 Å². The van der Waals surface area contributed by atoms with Crippen LogP contribution < -0.4 is 0 Å². The highest BCUT2D eigenvalue weighted by atomic mass is 16.2. The minimum Gasteiger partial charge on any atom is -0.343 e. The number of piperidine rings is 1. The van der Waals surface area contributed by atoms with E-state index < -0.39 is 0 Å². The van der Waals surface area contributed by atoms with E-state index in [2.05, 4.69) is 11.8 Å². The van der Waals surface area contributed by atoms with E-state index in [0.29, 0.717) is 11.3 Å². The summed E-state index contributed by atoms with van der Waals surface area (Å²) in [6.45, 7) is 4.25. The van der Waals surface area contributed by atoms with Gasteiger partial charge in [-0.3, -0.25) is 4.79 Å². The van der Waals surface area contributed by atoms with Gasteiger partial charge in [-0.2, -0.15) is 0 Å². The van der Waals surface area contributed by atoms with Crippen LogP contribution in [0.15, 0.2) is 0 Å². The van der Waals surface area contributed by atoms with Crippen LogP contribution in [-0.2, 0) is 4.79 Å². The van der Waals surface area contributed by atoms with Crippen molar-refractivity contribution in [1.29, 1.82) is 0 Å². The van der Waals surface area contributed by atoms with Gasteiger partial charge in [0.2, 0.25) is 5.91 Å². The molecule has 1 aliphatic heterocycles. The van der Waals surface area contributed by atoms with E-state index in [-0.39, 0.29) is 0 Å². The normalized spacial score (nSPS) is 25.8. The maximum absolute atomic E-state index is 11.8. The molecule has 0 bridgehead atoms. The second-order valence-corrected chi connectivity index (χ2v) is 4.93. The summed E-state index contributed by atoms with van der Waals surface area (Å²) in [5, 5.41) is 0. The molecule has 1 saturated heterocycles. The highest BCUT2D eigenvalue weighted by Crippen LogP contribution is 2.48. The molecule has 0 aromatic rings. The van der Waals surface area contributed by atoms with Gasteiger partial charge >= 0.3 is 0 Å². The van der Waals surface area contributed by atoms with Crippen molar-refractivity contribution >= 4 is 5.91 Å². The first-order chi connectivity index (χ1) is 6.20. The van der Waals surface area contributed by atoms with Crippen molar-refractivity contribution in [1.82, 2.24) is 4.90 Å². The zero-order valence-electron chi connectivity index (χ0n) is 8.51. The molecule has 2 nitrogen and oxygen atoms in total. The molecule has 2 fully saturated rings. The Hall–Kier alpha value is -0.530. The molecule has 2 rings (SSSR count). The third-order valence-corrected chi connectivity index (χ3v) is 3.39. The van der Waals surface area contributed by atoms with Gasteiger partial charge in [-0.25, -0.2) is 0 Å². The average Bonchev–Trinajstić information content (AvgIpc) is 2.85. The van der Waals surface area contributed by atoms with Gasteiger partial charge in [0.1, 0.15) is 0 Å². The summed E-state index contributed by atoms with van der Waals surface area (Å²) in [5.74, 6) is 0.403. The maximum Gasteiger partial charge on any atom is 0.223 e. The van der Waals surface area contributed by atoms with E-state index in [1.165, 1.54) is 32.1 Å². The van der Waals surface area contributed by atoms with Crippen LogP contribution >= 0.6 is 0 Å². The quantitative estimate of drug-likeness (QED) is 0.639. The van der Waals surface area contributed by atoms with Gasteiger partial charge in [0.25, 0.3) is 0 Å². The zero-order chi connectivity index (χ0) is 9.31. The molecule has 1 saturated carbocycles. The van der Waals surface area contributed by atoms with Crippen molar-refractivity contribution in [3.05, 3.63) is 0 Å². The second kappa shape index (κ2) is 3.32. The number of nitrogens with zero attached hydrogens (tertiary/aromatic N) is 1. The Bertz CT molecular complexity index is 202. The molecule has 0 aromatic carbocycles. The lowest BCUT2D eigenvalue weighted by atomic mass is 10.0. The van der Waals surface area contributed by atoms with Gasteiger partial charge in [-0.1, -0.05) is 6.92 Å². The fraction of sp³-hybridized carbons (Fsp3) is 0.909. The van der Waals surface area contributed by atoms with Crippen molar-refractivity contribution in [2.75, 3.05) is 13.1 Å². The van der Waals surface area contributed by atoms with Crippen LogP contribution in [-0.4, -0.2) is 23.9 Å². The average molecular weight is 181 g/mol. The van der Waals surface area contributed by atoms with Crippen LogP contribution in [0.2, 0.25) is 0 Å². The van der Waals surface area contributed by atoms with E-state index in [1.807, 2.05) is 0 Å². The largest absolute Gasteiger partial charge is 0.343 e.